The monoisotopic (exact) mass is 325 g/mol. The summed E-state index contributed by atoms with van der Waals surface area (Å²) in [5.41, 5.74) is 0. The minimum atomic E-state index is -0.694. The van der Waals surface area contributed by atoms with Crippen LogP contribution in [-0.2, 0) is 14.3 Å². The summed E-state index contributed by atoms with van der Waals surface area (Å²) in [5.74, 6) is 2.04. The molecule has 0 radical (unpaired) electrons. The molecule has 0 fully saturated rings. The lowest BCUT2D eigenvalue weighted by Gasteiger charge is -2.18. The lowest BCUT2D eigenvalue weighted by atomic mass is 10.0. The maximum atomic E-state index is 12.1. The SMILES string of the molecule is C#CCOC(=O)NC(CC(C)C)C(=O)OCCCCCCCC. The molecule has 1 amide bonds. The third-order valence-electron chi connectivity index (χ3n) is 3.31. The highest BCUT2D eigenvalue weighted by Crippen LogP contribution is 2.09. The summed E-state index contributed by atoms with van der Waals surface area (Å²) in [5, 5.41) is 2.52. The van der Waals surface area contributed by atoms with Crippen LogP contribution in [0.25, 0.3) is 0 Å². The van der Waals surface area contributed by atoms with E-state index in [1.54, 1.807) is 0 Å². The fourth-order valence-electron chi connectivity index (χ4n) is 2.13. The standard InChI is InChI=1S/C18H31NO4/c1-5-7-8-9-10-11-13-22-17(20)16(14-15(3)4)19-18(21)23-12-6-2/h2,15-16H,5,7-14H2,1,3-4H3,(H,19,21). The van der Waals surface area contributed by atoms with Crippen molar-refractivity contribution in [3.63, 3.8) is 0 Å². The van der Waals surface area contributed by atoms with Gasteiger partial charge in [-0.25, -0.2) is 9.59 Å². The van der Waals surface area contributed by atoms with Gasteiger partial charge in [0.05, 0.1) is 6.61 Å². The molecule has 0 aromatic carbocycles. The maximum Gasteiger partial charge on any atom is 0.408 e. The van der Waals surface area contributed by atoms with Crippen LogP contribution in [0.1, 0.15) is 65.7 Å². The molecule has 0 aliphatic rings. The summed E-state index contributed by atoms with van der Waals surface area (Å²) >= 11 is 0. The molecule has 5 heteroatoms. The third-order valence-corrected chi connectivity index (χ3v) is 3.31. The highest BCUT2D eigenvalue weighted by atomic mass is 16.6. The minimum Gasteiger partial charge on any atom is -0.464 e. The van der Waals surface area contributed by atoms with Crippen molar-refractivity contribution in [3.05, 3.63) is 0 Å². The summed E-state index contributed by atoms with van der Waals surface area (Å²) in [6.07, 6.45) is 11.6. The molecule has 0 aromatic heterocycles. The summed E-state index contributed by atoms with van der Waals surface area (Å²) in [6, 6.07) is -0.694. The molecule has 1 unspecified atom stereocenters. The Morgan fingerprint density at radius 2 is 1.74 bits per heavy atom. The van der Waals surface area contributed by atoms with Gasteiger partial charge in [0, 0.05) is 0 Å². The summed E-state index contributed by atoms with van der Waals surface area (Å²) in [6.45, 7) is 6.40. The first kappa shape index (κ1) is 21.3. The molecule has 0 rings (SSSR count). The first-order valence-corrected chi connectivity index (χ1v) is 8.54. The fraction of sp³-hybridized carbons (Fsp3) is 0.778. The Kier molecular flexibility index (Phi) is 12.9. The Labute approximate surface area is 140 Å². The van der Waals surface area contributed by atoms with E-state index in [-0.39, 0.29) is 12.5 Å². The third kappa shape index (κ3) is 12.5. The van der Waals surface area contributed by atoms with Gasteiger partial charge in [0.25, 0.3) is 0 Å². The molecule has 0 heterocycles. The van der Waals surface area contributed by atoms with Crippen molar-refractivity contribution in [2.24, 2.45) is 5.92 Å². The van der Waals surface area contributed by atoms with E-state index in [0.717, 1.165) is 19.3 Å². The normalized spacial score (nSPS) is 11.6. The molecule has 0 spiro atoms. The van der Waals surface area contributed by atoms with E-state index < -0.39 is 18.1 Å². The second kappa shape index (κ2) is 13.9. The van der Waals surface area contributed by atoms with E-state index in [0.29, 0.717) is 13.0 Å². The average Bonchev–Trinajstić information content (AvgIpc) is 2.50. The predicted octanol–water partition coefficient (Wildman–Crippen LogP) is 3.66. The number of amides is 1. The Hall–Kier alpha value is -1.70. The Morgan fingerprint density at radius 3 is 2.35 bits per heavy atom. The van der Waals surface area contributed by atoms with Gasteiger partial charge in [-0.15, -0.1) is 6.42 Å². The number of alkyl carbamates (subject to hydrolysis) is 1. The summed E-state index contributed by atoms with van der Waals surface area (Å²) in [4.78, 5) is 23.6. The molecule has 0 aliphatic heterocycles. The van der Waals surface area contributed by atoms with Crippen molar-refractivity contribution >= 4 is 12.1 Å². The zero-order chi connectivity index (χ0) is 17.5. The Morgan fingerprint density at radius 1 is 1.09 bits per heavy atom. The van der Waals surface area contributed by atoms with Gasteiger partial charge in [0.2, 0.25) is 0 Å². The van der Waals surface area contributed by atoms with Crippen LogP contribution in [0, 0.1) is 18.3 Å². The number of carbonyl (C=O) groups is 2. The zero-order valence-corrected chi connectivity index (χ0v) is 14.7. The fourth-order valence-corrected chi connectivity index (χ4v) is 2.13. The smallest absolute Gasteiger partial charge is 0.408 e. The highest BCUT2D eigenvalue weighted by molar-refractivity contribution is 5.81. The summed E-state index contributed by atoms with van der Waals surface area (Å²) < 4.78 is 10.0. The number of terminal acetylenes is 1. The Bertz CT molecular complexity index is 374. The molecule has 1 atom stereocenters. The number of ether oxygens (including phenoxy) is 2. The molecule has 0 saturated carbocycles. The quantitative estimate of drug-likeness (QED) is 0.338. The van der Waals surface area contributed by atoms with Gasteiger partial charge in [-0.3, -0.25) is 0 Å². The number of nitrogens with one attached hydrogen (secondary N) is 1. The van der Waals surface area contributed by atoms with E-state index in [4.69, 9.17) is 15.9 Å². The van der Waals surface area contributed by atoms with Crippen LogP contribution in [0.3, 0.4) is 0 Å². The number of rotatable bonds is 12. The molecular weight excluding hydrogens is 294 g/mol. The molecule has 0 aliphatic carbocycles. The first-order chi connectivity index (χ1) is 11.0. The van der Waals surface area contributed by atoms with E-state index in [1.807, 2.05) is 13.8 Å². The van der Waals surface area contributed by atoms with Crippen LogP contribution in [0.5, 0.6) is 0 Å². The van der Waals surface area contributed by atoms with Crippen molar-refractivity contribution in [3.8, 4) is 12.3 Å². The number of hydrogen-bond donors (Lipinski definition) is 1. The van der Waals surface area contributed by atoms with Gasteiger partial charge in [0.15, 0.2) is 6.61 Å². The van der Waals surface area contributed by atoms with Crippen molar-refractivity contribution in [1.29, 1.82) is 0 Å². The number of esters is 1. The van der Waals surface area contributed by atoms with Gasteiger partial charge in [-0.1, -0.05) is 58.8 Å². The zero-order valence-electron chi connectivity index (χ0n) is 14.7. The average molecular weight is 325 g/mol. The number of carbonyl (C=O) groups excluding carboxylic acids is 2. The van der Waals surface area contributed by atoms with Crippen molar-refractivity contribution in [1.82, 2.24) is 5.32 Å². The number of unbranched alkanes of at least 4 members (excludes halogenated alkanes) is 5. The molecule has 0 saturated heterocycles. The van der Waals surface area contributed by atoms with Crippen molar-refractivity contribution in [2.75, 3.05) is 13.2 Å². The molecule has 1 N–H and O–H groups in total. The Balaban J connectivity index is 4.10. The van der Waals surface area contributed by atoms with Crippen molar-refractivity contribution in [2.45, 2.75) is 71.8 Å². The minimum absolute atomic E-state index is 0.118. The summed E-state index contributed by atoms with van der Waals surface area (Å²) in [7, 11) is 0. The lowest BCUT2D eigenvalue weighted by molar-refractivity contribution is -0.146. The highest BCUT2D eigenvalue weighted by Gasteiger charge is 2.23. The number of hydrogen-bond acceptors (Lipinski definition) is 4. The van der Waals surface area contributed by atoms with Gasteiger partial charge in [-0.05, 0) is 18.8 Å². The second-order valence-electron chi connectivity index (χ2n) is 6.04. The second-order valence-corrected chi connectivity index (χ2v) is 6.04. The molecule has 23 heavy (non-hydrogen) atoms. The molecular formula is C18H31NO4. The van der Waals surface area contributed by atoms with Crippen LogP contribution in [-0.4, -0.2) is 31.3 Å². The van der Waals surface area contributed by atoms with Crippen LogP contribution in [0.2, 0.25) is 0 Å². The van der Waals surface area contributed by atoms with E-state index in [9.17, 15) is 9.59 Å². The van der Waals surface area contributed by atoms with Crippen LogP contribution >= 0.6 is 0 Å². The van der Waals surface area contributed by atoms with Gasteiger partial charge in [-0.2, -0.15) is 0 Å². The topological polar surface area (TPSA) is 64.6 Å². The molecule has 5 nitrogen and oxygen atoms in total. The van der Waals surface area contributed by atoms with Crippen LogP contribution < -0.4 is 5.32 Å². The van der Waals surface area contributed by atoms with Crippen LogP contribution in [0.15, 0.2) is 0 Å². The largest absolute Gasteiger partial charge is 0.464 e. The van der Waals surface area contributed by atoms with Gasteiger partial charge >= 0.3 is 12.1 Å². The van der Waals surface area contributed by atoms with E-state index in [1.165, 1.54) is 19.3 Å². The lowest BCUT2D eigenvalue weighted by Crippen LogP contribution is -2.43. The van der Waals surface area contributed by atoms with Gasteiger partial charge < -0.3 is 14.8 Å². The van der Waals surface area contributed by atoms with E-state index in [2.05, 4.69) is 18.2 Å². The van der Waals surface area contributed by atoms with Crippen molar-refractivity contribution < 1.29 is 19.1 Å². The molecule has 0 bridgehead atoms. The van der Waals surface area contributed by atoms with Gasteiger partial charge in [0.1, 0.15) is 6.04 Å². The molecule has 0 aromatic rings. The van der Waals surface area contributed by atoms with Crippen LogP contribution in [0.4, 0.5) is 4.79 Å². The molecule has 132 valence electrons. The maximum absolute atomic E-state index is 12.1. The predicted molar refractivity (Wildman–Crippen MR) is 90.9 cm³/mol. The first-order valence-electron chi connectivity index (χ1n) is 8.54. The van der Waals surface area contributed by atoms with E-state index >= 15 is 0 Å².